The fourth-order valence-electron chi connectivity index (χ4n) is 1.12. The summed E-state index contributed by atoms with van der Waals surface area (Å²) in [6.45, 7) is 11.9. The van der Waals surface area contributed by atoms with Crippen molar-refractivity contribution >= 4 is 23.0 Å². The van der Waals surface area contributed by atoms with Crippen molar-refractivity contribution in [1.29, 1.82) is 0 Å². The number of hydrogen-bond acceptors (Lipinski definition) is 1. The molecule has 0 saturated carbocycles. The lowest BCUT2D eigenvalue weighted by Crippen LogP contribution is -1.72. The largest absolute Gasteiger partial charge is 0.140 e. The topological polar surface area (TPSA) is 0 Å². The summed E-state index contributed by atoms with van der Waals surface area (Å²) < 4.78 is 0. The summed E-state index contributed by atoms with van der Waals surface area (Å²) in [5, 5.41) is 0. The van der Waals surface area contributed by atoms with Crippen LogP contribution in [0.1, 0.15) is 29.2 Å². The standard InChI is InChI=1S/C11H14S/c1-5-9-7-10(6-2)12-11(9)8(3)4/h5,7H,1,3,6H2,2,4H3. The van der Waals surface area contributed by atoms with Crippen LogP contribution in [0.15, 0.2) is 19.2 Å². The average Bonchev–Trinajstić information content (AvgIpc) is 2.47. The molecule has 1 heterocycles. The SMILES string of the molecule is C=Cc1cc(CC)sc1C(=C)C. The molecule has 1 heteroatoms. The van der Waals surface area contributed by atoms with Crippen LogP contribution >= 0.6 is 11.3 Å². The lowest BCUT2D eigenvalue weighted by molar-refractivity contribution is 1.19. The average molecular weight is 178 g/mol. The summed E-state index contributed by atoms with van der Waals surface area (Å²) in [5.74, 6) is 0. The normalized spacial score (nSPS) is 9.83. The van der Waals surface area contributed by atoms with Crippen molar-refractivity contribution in [3.05, 3.63) is 34.5 Å². The van der Waals surface area contributed by atoms with Crippen LogP contribution in [-0.4, -0.2) is 0 Å². The highest BCUT2D eigenvalue weighted by Gasteiger charge is 2.05. The zero-order valence-electron chi connectivity index (χ0n) is 7.68. The van der Waals surface area contributed by atoms with Crippen molar-refractivity contribution in [3.63, 3.8) is 0 Å². The molecule has 0 nitrogen and oxygen atoms in total. The Morgan fingerprint density at radius 3 is 2.67 bits per heavy atom. The highest BCUT2D eigenvalue weighted by molar-refractivity contribution is 7.13. The van der Waals surface area contributed by atoms with E-state index < -0.39 is 0 Å². The molecule has 1 aromatic rings. The van der Waals surface area contributed by atoms with Crippen LogP contribution in [0, 0.1) is 0 Å². The van der Waals surface area contributed by atoms with E-state index in [0.29, 0.717) is 0 Å². The smallest absolute Gasteiger partial charge is 0.0368 e. The quantitative estimate of drug-likeness (QED) is 0.656. The van der Waals surface area contributed by atoms with Gasteiger partial charge in [0.1, 0.15) is 0 Å². The molecule has 0 aliphatic carbocycles. The second kappa shape index (κ2) is 3.72. The van der Waals surface area contributed by atoms with Crippen LogP contribution in [0.25, 0.3) is 11.6 Å². The van der Waals surface area contributed by atoms with E-state index in [2.05, 4.69) is 26.1 Å². The number of allylic oxidation sites excluding steroid dienone is 1. The van der Waals surface area contributed by atoms with Gasteiger partial charge < -0.3 is 0 Å². The Morgan fingerprint density at radius 2 is 2.33 bits per heavy atom. The third kappa shape index (κ3) is 1.67. The first-order valence-corrected chi connectivity index (χ1v) is 4.91. The zero-order valence-corrected chi connectivity index (χ0v) is 8.50. The molecule has 0 unspecified atom stereocenters. The number of aryl methyl sites for hydroxylation is 1. The van der Waals surface area contributed by atoms with Crippen molar-refractivity contribution < 1.29 is 0 Å². The van der Waals surface area contributed by atoms with Crippen LogP contribution in [-0.2, 0) is 6.42 Å². The highest BCUT2D eigenvalue weighted by atomic mass is 32.1. The van der Waals surface area contributed by atoms with Gasteiger partial charge in [-0.1, -0.05) is 26.2 Å². The Morgan fingerprint density at radius 1 is 1.67 bits per heavy atom. The summed E-state index contributed by atoms with van der Waals surface area (Å²) in [6.07, 6.45) is 3.00. The van der Waals surface area contributed by atoms with E-state index in [1.807, 2.05) is 24.3 Å². The summed E-state index contributed by atoms with van der Waals surface area (Å²) in [4.78, 5) is 2.68. The van der Waals surface area contributed by atoms with Gasteiger partial charge in [0, 0.05) is 9.75 Å². The van der Waals surface area contributed by atoms with Crippen molar-refractivity contribution in [2.45, 2.75) is 20.3 Å². The Balaban J connectivity index is 3.16. The number of thiophene rings is 1. The monoisotopic (exact) mass is 178 g/mol. The predicted octanol–water partition coefficient (Wildman–Crippen LogP) is 3.99. The fourth-order valence-corrected chi connectivity index (χ4v) is 2.14. The van der Waals surface area contributed by atoms with Gasteiger partial charge in [-0.25, -0.2) is 0 Å². The van der Waals surface area contributed by atoms with E-state index in [4.69, 9.17) is 0 Å². The number of rotatable bonds is 3. The van der Waals surface area contributed by atoms with Gasteiger partial charge in [-0.15, -0.1) is 11.3 Å². The molecule has 0 fully saturated rings. The second-order valence-electron chi connectivity index (χ2n) is 2.84. The summed E-state index contributed by atoms with van der Waals surface area (Å²) in [6, 6.07) is 2.20. The summed E-state index contributed by atoms with van der Waals surface area (Å²) in [5.41, 5.74) is 2.36. The molecule has 0 aliphatic heterocycles. The molecule has 0 saturated heterocycles. The Bertz CT molecular complexity index is 305. The molecule has 64 valence electrons. The Labute approximate surface area is 78.2 Å². The van der Waals surface area contributed by atoms with E-state index in [1.54, 1.807) is 0 Å². The number of hydrogen-bond donors (Lipinski definition) is 0. The van der Waals surface area contributed by atoms with E-state index in [0.717, 1.165) is 12.0 Å². The van der Waals surface area contributed by atoms with E-state index in [-0.39, 0.29) is 0 Å². The minimum atomic E-state index is 1.10. The molecule has 1 aromatic heterocycles. The van der Waals surface area contributed by atoms with Crippen molar-refractivity contribution in [2.24, 2.45) is 0 Å². The van der Waals surface area contributed by atoms with Gasteiger partial charge in [-0.05, 0) is 30.5 Å². The van der Waals surface area contributed by atoms with Gasteiger partial charge in [-0.3, -0.25) is 0 Å². The van der Waals surface area contributed by atoms with Crippen molar-refractivity contribution in [1.82, 2.24) is 0 Å². The first kappa shape index (κ1) is 9.27. The molecule has 0 spiro atoms. The maximum Gasteiger partial charge on any atom is 0.0368 e. The molecule has 12 heavy (non-hydrogen) atoms. The first-order valence-electron chi connectivity index (χ1n) is 4.10. The molecular formula is C11H14S. The lowest BCUT2D eigenvalue weighted by atomic mass is 10.1. The van der Waals surface area contributed by atoms with Gasteiger partial charge in [0.05, 0.1) is 0 Å². The zero-order chi connectivity index (χ0) is 9.14. The molecular weight excluding hydrogens is 164 g/mol. The van der Waals surface area contributed by atoms with E-state index >= 15 is 0 Å². The molecule has 0 radical (unpaired) electrons. The Kier molecular flexibility index (Phi) is 2.88. The lowest BCUT2D eigenvalue weighted by Gasteiger charge is -1.94. The van der Waals surface area contributed by atoms with E-state index in [1.165, 1.54) is 15.3 Å². The van der Waals surface area contributed by atoms with Crippen LogP contribution in [0.4, 0.5) is 0 Å². The van der Waals surface area contributed by atoms with Crippen LogP contribution in [0.3, 0.4) is 0 Å². The van der Waals surface area contributed by atoms with Crippen LogP contribution in [0.5, 0.6) is 0 Å². The van der Waals surface area contributed by atoms with Crippen LogP contribution < -0.4 is 0 Å². The maximum absolute atomic E-state index is 3.94. The van der Waals surface area contributed by atoms with Gasteiger partial charge in [0.2, 0.25) is 0 Å². The molecule has 1 rings (SSSR count). The van der Waals surface area contributed by atoms with Gasteiger partial charge >= 0.3 is 0 Å². The fraction of sp³-hybridized carbons (Fsp3) is 0.273. The van der Waals surface area contributed by atoms with Gasteiger partial charge in [0.15, 0.2) is 0 Å². The first-order chi connectivity index (χ1) is 5.69. The molecule has 0 aliphatic rings. The minimum Gasteiger partial charge on any atom is -0.140 e. The molecule has 0 bridgehead atoms. The molecule has 0 amide bonds. The van der Waals surface area contributed by atoms with Gasteiger partial charge in [0.25, 0.3) is 0 Å². The predicted molar refractivity (Wildman–Crippen MR) is 58.5 cm³/mol. The second-order valence-corrected chi connectivity index (χ2v) is 3.97. The van der Waals surface area contributed by atoms with Crippen LogP contribution in [0.2, 0.25) is 0 Å². The minimum absolute atomic E-state index is 1.10. The van der Waals surface area contributed by atoms with Gasteiger partial charge in [-0.2, -0.15) is 0 Å². The molecule has 0 atom stereocenters. The van der Waals surface area contributed by atoms with E-state index in [9.17, 15) is 0 Å². The summed E-state index contributed by atoms with van der Waals surface area (Å²) >= 11 is 1.82. The third-order valence-electron chi connectivity index (χ3n) is 1.77. The third-order valence-corrected chi connectivity index (χ3v) is 3.22. The summed E-state index contributed by atoms with van der Waals surface area (Å²) in [7, 11) is 0. The maximum atomic E-state index is 3.94. The van der Waals surface area contributed by atoms with Crippen molar-refractivity contribution in [2.75, 3.05) is 0 Å². The Hall–Kier alpha value is -0.820. The molecule has 0 N–H and O–H groups in total. The van der Waals surface area contributed by atoms with Crippen molar-refractivity contribution in [3.8, 4) is 0 Å². The highest BCUT2D eigenvalue weighted by Crippen LogP contribution is 2.29. The molecule has 0 aromatic carbocycles.